The van der Waals surface area contributed by atoms with E-state index in [1.54, 1.807) is 0 Å². The number of rotatable bonds is 5. The first-order chi connectivity index (χ1) is 8.43. The van der Waals surface area contributed by atoms with E-state index in [1.165, 1.54) is 16.6 Å². The molecule has 5 nitrogen and oxygen atoms in total. The first-order valence-electron chi connectivity index (χ1n) is 6.23. The lowest BCUT2D eigenvalue weighted by molar-refractivity contribution is -0.137. The molecule has 18 heavy (non-hydrogen) atoms. The molecule has 0 unspecified atom stereocenters. The van der Waals surface area contributed by atoms with Crippen molar-refractivity contribution in [3.8, 4) is 0 Å². The predicted molar refractivity (Wildman–Crippen MR) is 69.5 cm³/mol. The minimum atomic E-state index is -3.07. The molecule has 1 fully saturated rings. The lowest BCUT2D eigenvalue weighted by Gasteiger charge is -2.28. The number of hydrogen-bond acceptors (Lipinski definition) is 4. The van der Waals surface area contributed by atoms with Gasteiger partial charge in [-0.3, -0.25) is 0 Å². The standard InChI is InChI=1S/C12H21NO4S/c1-3-10-17-12(14)5-4-11-6-8-13(9-7-11)18(2,15)16/h4-5,11H,3,6-10H2,1-2H3. The van der Waals surface area contributed by atoms with Crippen molar-refractivity contribution in [3.05, 3.63) is 12.2 Å². The van der Waals surface area contributed by atoms with E-state index in [-0.39, 0.29) is 11.9 Å². The smallest absolute Gasteiger partial charge is 0.330 e. The molecule has 1 aliphatic heterocycles. The molecule has 0 aromatic rings. The molecule has 1 aliphatic rings. The number of piperidine rings is 1. The zero-order valence-corrected chi connectivity index (χ0v) is 11.8. The van der Waals surface area contributed by atoms with Gasteiger partial charge < -0.3 is 4.74 Å². The Morgan fingerprint density at radius 2 is 2.00 bits per heavy atom. The van der Waals surface area contributed by atoms with E-state index < -0.39 is 10.0 Å². The summed E-state index contributed by atoms with van der Waals surface area (Å²) in [5.74, 6) is -0.0560. The molecular formula is C12H21NO4S. The number of carbonyl (C=O) groups is 1. The van der Waals surface area contributed by atoms with Gasteiger partial charge in [-0.05, 0) is 25.2 Å². The van der Waals surface area contributed by atoms with Crippen LogP contribution < -0.4 is 0 Å². The largest absolute Gasteiger partial charge is 0.463 e. The average Bonchev–Trinajstić information content (AvgIpc) is 2.33. The van der Waals surface area contributed by atoms with Crippen LogP contribution in [-0.4, -0.2) is 44.6 Å². The molecule has 1 saturated heterocycles. The summed E-state index contributed by atoms with van der Waals surface area (Å²) in [6.07, 6.45) is 6.83. The van der Waals surface area contributed by atoms with Crippen molar-refractivity contribution in [2.45, 2.75) is 26.2 Å². The summed E-state index contributed by atoms with van der Waals surface area (Å²) in [6, 6.07) is 0. The van der Waals surface area contributed by atoms with E-state index in [1.807, 2.05) is 13.0 Å². The lowest BCUT2D eigenvalue weighted by atomic mass is 9.98. The maximum atomic E-state index is 11.3. The van der Waals surface area contributed by atoms with Gasteiger partial charge in [0.25, 0.3) is 0 Å². The molecule has 1 rings (SSSR count). The maximum absolute atomic E-state index is 11.3. The highest BCUT2D eigenvalue weighted by atomic mass is 32.2. The molecule has 0 N–H and O–H groups in total. The predicted octanol–water partition coefficient (Wildman–Crippen LogP) is 1.17. The van der Waals surface area contributed by atoms with E-state index in [9.17, 15) is 13.2 Å². The second-order valence-corrected chi connectivity index (χ2v) is 6.51. The van der Waals surface area contributed by atoms with Crippen LogP contribution in [0.2, 0.25) is 0 Å². The molecular weight excluding hydrogens is 254 g/mol. The Morgan fingerprint density at radius 1 is 1.39 bits per heavy atom. The van der Waals surface area contributed by atoms with Gasteiger partial charge in [0.15, 0.2) is 0 Å². The molecule has 0 spiro atoms. The fraction of sp³-hybridized carbons (Fsp3) is 0.750. The number of esters is 1. The van der Waals surface area contributed by atoms with Crippen LogP contribution in [0.15, 0.2) is 12.2 Å². The quantitative estimate of drug-likeness (QED) is 0.558. The van der Waals surface area contributed by atoms with E-state index >= 15 is 0 Å². The molecule has 0 bridgehead atoms. The molecule has 1 heterocycles. The van der Waals surface area contributed by atoms with Gasteiger partial charge in [-0.1, -0.05) is 13.0 Å². The van der Waals surface area contributed by atoms with Crippen molar-refractivity contribution in [2.24, 2.45) is 5.92 Å². The highest BCUT2D eigenvalue weighted by Crippen LogP contribution is 2.20. The van der Waals surface area contributed by atoms with Crippen LogP contribution in [0.3, 0.4) is 0 Å². The molecule has 0 amide bonds. The number of ether oxygens (including phenoxy) is 1. The molecule has 6 heteroatoms. The third kappa shape index (κ3) is 5.18. The van der Waals surface area contributed by atoms with Gasteiger partial charge in [0.05, 0.1) is 12.9 Å². The lowest BCUT2D eigenvalue weighted by Crippen LogP contribution is -2.37. The maximum Gasteiger partial charge on any atom is 0.330 e. The van der Waals surface area contributed by atoms with Crippen LogP contribution >= 0.6 is 0 Å². The summed E-state index contributed by atoms with van der Waals surface area (Å²) >= 11 is 0. The minimum absolute atomic E-state index is 0.261. The molecule has 0 aromatic heterocycles. The SMILES string of the molecule is CCCOC(=O)C=CC1CCN(S(C)(=O)=O)CC1. The fourth-order valence-electron chi connectivity index (χ4n) is 1.87. The summed E-state index contributed by atoms with van der Waals surface area (Å²) in [5.41, 5.74) is 0. The highest BCUT2D eigenvalue weighted by molar-refractivity contribution is 7.88. The van der Waals surface area contributed by atoms with Crippen molar-refractivity contribution in [3.63, 3.8) is 0 Å². The Kier molecular flexibility index (Phi) is 5.81. The number of allylic oxidation sites excluding steroid dienone is 1. The van der Waals surface area contributed by atoms with E-state index in [2.05, 4.69) is 0 Å². The average molecular weight is 275 g/mol. The molecule has 0 atom stereocenters. The summed E-state index contributed by atoms with van der Waals surface area (Å²) in [4.78, 5) is 11.3. The van der Waals surface area contributed by atoms with Crippen molar-refractivity contribution < 1.29 is 17.9 Å². The molecule has 0 saturated carbocycles. The van der Waals surface area contributed by atoms with Gasteiger partial charge in [-0.25, -0.2) is 17.5 Å². The Labute approximate surface area is 109 Å². The first-order valence-corrected chi connectivity index (χ1v) is 8.08. The number of nitrogens with zero attached hydrogens (tertiary/aromatic N) is 1. The summed E-state index contributed by atoms with van der Waals surface area (Å²) in [5, 5.41) is 0. The third-order valence-corrected chi connectivity index (χ3v) is 4.22. The second kappa shape index (κ2) is 6.89. The monoisotopic (exact) mass is 275 g/mol. The number of sulfonamides is 1. The highest BCUT2D eigenvalue weighted by Gasteiger charge is 2.23. The summed E-state index contributed by atoms with van der Waals surface area (Å²) in [6.45, 7) is 3.43. The van der Waals surface area contributed by atoms with Crippen molar-refractivity contribution >= 4 is 16.0 Å². The third-order valence-electron chi connectivity index (χ3n) is 2.92. The van der Waals surface area contributed by atoms with Crippen LogP contribution in [0.1, 0.15) is 26.2 Å². The van der Waals surface area contributed by atoms with Gasteiger partial charge in [-0.2, -0.15) is 0 Å². The van der Waals surface area contributed by atoms with Crippen LogP contribution in [0, 0.1) is 5.92 Å². The van der Waals surface area contributed by atoms with Gasteiger partial charge in [-0.15, -0.1) is 0 Å². The van der Waals surface area contributed by atoms with Crippen molar-refractivity contribution in [1.29, 1.82) is 0 Å². The summed E-state index contributed by atoms with van der Waals surface area (Å²) in [7, 11) is -3.07. The van der Waals surface area contributed by atoms with Crippen LogP contribution in [0.5, 0.6) is 0 Å². The molecule has 0 radical (unpaired) electrons. The topological polar surface area (TPSA) is 63.7 Å². The van der Waals surface area contributed by atoms with Crippen LogP contribution in [-0.2, 0) is 19.6 Å². The van der Waals surface area contributed by atoms with Crippen molar-refractivity contribution in [2.75, 3.05) is 26.0 Å². The Balaban J connectivity index is 2.35. The van der Waals surface area contributed by atoms with Crippen molar-refractivity contribution in [1.82, 2.24) is 4.31 Å². The van der Waals surface area contributed by atoms with E-state index in [0.29, 0.717) is 19.7 Å². The van der Waals surface area contributed by atoms with Gasteiger partial charge in [0, 0.05) is 19.2 Å². The van der Waals surface area contributed by atoms with Gasteiger partial charge >= 0.3 is 5.97 Å². The number of carbonyl (C=O) groups excluding carboxylic acids is 1. The second-order valence-electron chi connectivity index (χ2n) is 4.53. The molecule has 0 aromatic carbocycles. The summed E-state index contributed by atoms with van der Waals surface area (Å²) < 4.78 is 29.0. The normalized spacial score (nSPS) is 19.2. The first kappa shape index (κ1) is 15.2. The van der Waals surface area contributed by atoms with E-state index in [4.69, 9.17) is 4.74 Å². The Bertz CT molecular complexity index is 394. The minimum Gasteiger partial charge on any atom is -0.463 e. The van der Waals surface area contributed by atoms with Crippen LogP contribution in [0.4, 0.5) is 0 Å². The van der Waals surface area contributed by atoms with Crippen LogP contribution in [0.25, 0.3) is 0 Å². The zero-order valence-electron chi connectivity index (χ0n) is 11.0. The molecule has 104 valence electrons. The van der Waals surface area contributed by atoms with E-state index in [0.717, 1.165) is 19.3 Å². The van der Waals surface area contributed by atoms with Gasteiger partial charge in [0.1, 0.15) is 0 Å². The zero-order chi connectivity index (χ0) is 13.6. The van der Waals surface area contributed by atoms with Gasteiger partial charge in [0.2, 0.25) is 10.0 Å². The Morgan fingerprint density at radius 3 is 2.50 bits per heavy atom. The fourth-order valence-corrected chi connectivity index (χ4v) is 2.74. The molecule has 0 aliphatic carbocycles. The number of hydrogen-bond donors (Lipinski definition) is 0. The Hall–Kier alpha value is -0.880.